The number of hydrogen-bond donors (Lipinski definition) is 1. The lowest BCUT2D eigenvalue weighted by Gasteiger charge is -2.13. The number of nitrogens with one attached hydrogen (secondary N) is 1. The van der Waals surface area contributed by atoms with Crippen molar-refractivity contribution in [3.63, 3.8) is 0 Å². The van der Waals surface area contributed by atoms with Gasteiger partial charge in [-0.15, -0.1) is 11.3 Å². The van der Waals surface area contributed by atoms with Crippen LogP contribution in [0.3, 0.4) is 0 Å². The summed E-state index contributed by atoms with van der Waals surface area (Å²) in [6.07, 6.45) is 2.43. The van der Waals surface area contributed by atoms with Gasteiger partial charge in [0.15, 0.2) is 10.8 Å². The SMILES string of the molecule is CCOC(=O)c1csc(NC(=O)c2cn(CCC(C)C)c(=O)c3ccccc23)n1. The summed E-state index contributed by atoms with van der Waals surface area (Å²) < 4.78 is 6.50. The van der Waals surface area contributed by atoms with E-state index in [4.69, 9.17) is 4.74 Å². The van der Waals surface area contributed by atoms with Gasteiger partial charge in [0, 0.05) is 28.9 Å². The molecule has 152 valence electrons. The first-order valence-corrected chi connectivity index (χ1v) is 10.3. The standard InChI is InChI=1S/C21H23N3O4S/c1-4-28-20(27)17-12-29-21(22-17)23-18(25)16-11-24(10-9-13(2)3)19(26)15-8-6-5-7-14(15)16/h5-8,11-13H,4,9-10H2,1-3H3,(H,22,23,25). The number of anilines is 1. The largest absolute Gasteiger partial charge is 0.461 e. The molecule has 0 unspecified atom stereocenters. The van der Waals surface area contributed by atoms with Crippen LogP contribution in [-0.4, -0.2) is 28.0 Å². The Labute approximate surface area is 172 Å². The van der Waals surface area contributed by atoms with Gasteiger partial charge in [0.1, 0.15) is 0 Å². The number of carbonyl (C=O) groups is 2. The number of ether oxygens (including phenoxy) is 1. The Hall–Kier alpha value is -3.00. The minimum Gasteiger partial charge on any atom is -0.461 e. The van der Waals surface area contributed by atoms with E-state index in [0.717, 1.165) is 17.8 Å². The molecule has 0 atom stereocenters. The topological polar surface area (TPSA) is 90.3 Å². The van der Waals surface area contributed by atoms with Gasteiger partial charge in [0.2, 0.25) is 0 Å². The summed E-state index contributed by atoms with van der Waals surface area (Å²) >= 11 is 1.14. The fourth-order valence-corrected chi connectivity index (χ4v) is 3.56. The van der Waals surface area contributed by atoms with Gasteiger partial charge >= 0.3 is 5.97 Å². The Morgan fingerprint density at radius 3 is 2.66 bits per heavy atom. The van der Waals surface area contributed by atoms with Crippen molar-refractivity contribution in [2.24, 2.45) is 5.92 Å². The Morgan fingerprint density at radius 2 is 1.97 bits per heavy atom. The third-order valence-electron chi connectivity index (χ3n) is 4.39. The molecule has 0 saturated heterocycles. The maximum atomic E-state index is 13.0. The highest BCUT2D eigenvalue weighted by atomic mass is 32.1. The van der Waals surface area contributed by atoms with Gasteiger partial charge < -0.3 is 9.30 Å². The number of amides is 1. The smallest absolute Gasteiger partial charge is 0.357 e. The van der Waals surface area contributed by atoms with Gasteiger partial charge in [-0.1, -0.05) is 32.0 Å². The van der Waals surface area contributed by atoms with Crippen molar-refractivity contribution in [2.75, 3.05) is 11.9 Å². The summed E-state index contributed by atoms with van der Waals surface area (Å²) in [7, 11) is 0. The van der Waals surface area contributed by atoms with Crippen LogP contribution in [0.15, 0.2) is 40.6 Å². The maximum Gasteiger partial charge on any atom is 0.357 e. The minimum absolute atomic E-state index is 0.114. The second-order valence-electron chi connectivity index (χ2n) is 6.98. The Kier molecular flexibility index (Phi) is 6.43. The zero-order chi connectivity index (χ0) is 21.0. The fourth-order valence-electron chi connectivity index (χ4n) is 2.88. The maximum absolute atomic E-state index is 13.0. The van der Waals surface area contributed by atoms with Crippen molar-refractivity contribution in [2.45, 2.75) is 33.7 Å². The molecule has 0 fully saturated rings. The van der Waals surface area contributed by atoms with Crippen LogP contribution in [0.2, 0.25) is 0 Å². The molecule has 7 nitrogen and oxygen atoms in total. The fraction of sp³-hybridized carbons (Fsp3) is 0.333. The van der Waals surface area contributed by atoms with Gasteiger partial charge in [-0.2, -0.15) is 0 Å². The van der Waals surface area contributed by atoms with E-state index in [1.54, 1.807) is 42.0 Å². The summed E-state index contributed by atoms with van der Waals surface area (Å²) in [5.74, 6) is -0.483. The average molecular weight is 413 g/mol. The molecule has 1 N–H and O–H groups in total. The van der Waals surface area contributed by atoms with Crippen LogP contribution < -0.4 is 10.9 Å². The summed E-state index contributed by atoms with van der Waals surface area (Å²) in [4.78, 5) is 41.6. The quantitative estimate of drug-likeness (QED) is 0.593. The molecule has 0 saturated carbocycles. The summed E-state index contributed by atoms with van der Waals surface area (Å²) in [6, 6.07) is 7.05. The summed E-state index contributed by atoms with van der Waals surface area (Å²) in [5.41, 5.74) is 0.424. The Balaban J connectivity index is 1.93. The van der Waals surface area contributed by atoms with E-state index in [0.29, 0.717) is 33.9 Å². The monoisotopic (exact) mass is 413 g/mol. The van der Waals surface area contributed by atoms with Gasteiger partial charge in [-0.25, -0.2) is 9.78 Å². The molecular weight excluding hydrogens is 390 g/mol. The van der Waals surface area contributed by atoms with Crippen LogP contribution >= 0.6 is 11.3 Å². The summed E-state index contributed by atoms with van der Waals surface area (Å²) in [5, 5.41) is 5.63. The number of aryl methyl sites for hydroxylation is 1. The van der Waals surface area contributed by atoms with E-state index in [-0.39, 0.29) is 23.8 Å². The normalized spacial score (nSPS) is 11.0. The number of benzene rings is 1. The predicted octanol–water partition coefficient (Wildman–Crippen LogP) is 3.93. The van der Waals surface area contributed by atoms with Crippen LogP contribution in [-0.2, 0) is 11.3 Å². The van der Waals surface area contributed by atoms with E-state index < -0.39 is 5.97 Å². The van der Waals surface area contributed by atoms with E-state index >= 15 is 0 Å². The first-order chi connectivity index (χ1) is 13.9. The van der Waals surface area contributed by atoms with Crippen molar-refractivity contribution >= 4 is 39.1 Å². The van der Waals surface area contributed by atoms with Crippen molar-refractivity contribution in [1.29, 1.82) is 0 Å². The van der Waals surface area contributed by atoms with E-state index in [1.165, 1.54) is 5.38 Å². The molecule has 29 heavy (non-hydrogen) atoms. The highest BCUT2D eigenvalue weighted by molar-refractivity contribution is 7.14. The zero-order valence-electron chi connectivity index (χ0n) is 16.6. The molecular formula is C21H23N3O4S. The number of rotatable bonds is 7. The molecule has 3 rings (SSSR count). The molecule has 8 heteroatoms. The van der Waals surface area contributed by atoms with Crippen LogP contribution in [0, 0.1) is 5.92 Å². The van der Waals surface area contributed by atoms with Crippen LogP contribution in [0.1, 0.15) is 48.0 Å². The number of pyridine rings is 1. The molecule has 2 heterocycles. The van der Waals surface area contributed by atoms with E-state index in [9.17, 15) is 14.4 Å². The first-order valence-electron chi connectivity index (χ1n) is 9.47. The molecule has 0 aliphatic heterocycles. The van der Waals surface area contributed by atoms with E-state index in [2.05, 4.69) is 24.1 Å². The van der Waals surface area contributed by atoms with Gasteiger partial charge in [0.25, 0.3) is 11.5 Å². The second kappa shape index (κ2) is 9.00. The Bertz CT molecular complexity index is 1100. The molecule has 0 aliphatic carbocycles. The number of nitrogens with zero attached hydrogens (tertiary/aromatic N) is 2. The van der Waals surface area contributed by atoms with Crippen LogP contribution in [0.5, 0.6) is 0 Å². The molecule has 3 aromatic rings. The van der Waals surface area contributed by atoms with Gasteiger partial charge in [-0.3, -0.25) is 14.9 Å². The molecule has 0 bridgehead atoms. The molecule has 2 aromatic heterocycles. The van der Waals surface area contributed by atoms with Gasteiger partial charge in [-0.05, 0) is 25.3 Å². The molecule has 0 aliphatic rings. The number of esters is 1. The highest BCUT2D eigenvalue weighted by Crippen LogP contribution is 2.20. The number of carbonyl (C=O) groups excluding carboxylic acids is 2. The van der Waals surface area contributed by atoms with Crippen molar-refractivity contribution < 1.29 is 14.3 Å². The van der Waals surface area contributed by atoms with Crippen molar-refractivity contribution in [1.82, 2.24) is 9.55 Å². The molecule has 0 spiro atoms. The molecule has 0 radical (unpaired) electrons. The zero-order valence-corrected chi connectivity index (χ0v) is 17.4. The van der Waals surface area contributed by atoms with E-state index in [1.807, 2.05) is 0 Å². The molecule has 1 amide bonds. The average Bonchev–Trinajstić information content (AvgIpc) is 3.16. The second-order valence-corrected chi connectivity index (χ2v) is 7.84. The number of hydrogen-bond acceptors (Lipinski definition) is 6. The lowest BCUT2D eigenvalue weighted by molar-refractivity contribution is 0.0520. The lowest BCUT2D eigenvalue weighted by atomic mass is 10.1. The van der Waals surface area contributed by atoms with Crippen molar-refractivity contribution in [3.05, 3.63) is 57.5 Å². The number of aromatic nitrogens is 2. The minimum atomic E-state index is -0.531. The molecule has 1 aromatic carbocycles. The summed E-state index contributed by atoms with van der Waals surface area (Å²) in [6.45, 7) is 6.67. The Morgan fingerprint density at radius 1 is 1.24 bits per heavy atom. The predicted molar refractivity (Wildman–Crippen MR) is 114 cm³/mol. The number of thiazole rings is 1. The first kappa shape index (κ1) is 20.7. The third-order valence-corrected chi connectivity index (χ3v) is 5.15. The van der Waals surface area contributed by atoms with Crippen LogP contribution in [0.4, 0.5) is 5.13 Å². The number of fused-ring (bicyclic) bond motifs is 1. The van der Waals surface area contributed by atoms with Crippen molar-refractivity contribution in [3.8, 4) is 0 Å². The van der Waals surface area contributed by atoms with Crippen LogP contribution in [0.25, 0.3) is 10.8 Å². The lowest BCUT2D eigenvalue weighted by Crippen LogP contribution is -2.24. The van der Waals surface area contributed by atoms with Gasteiger partial charge in [0.05, 0.1) is 12.2 Å². The third kappa shape index (κ3) is 4.71. The highest BCUT2D eigenvalue weighted by Gasteiger charge is 2.18.